The summed E-state index contributed by atoms with van der Waals surface area (Å²) in [5.41, 5.74) is 3.34. The van der Waals surface area contributed by atoms with E-state index in [9.17, 15) is 0 Å². The maximum absolute atomic E-state index is 5.63. The van der Waals surface area contributed by atoms with Crippen molar-refractivity contribution >= 4 is 5.96 Å². The van der Waals surface area contributed by atoms with Crippen molar-refractivity contribution in [2.45, 2.75) is 39.2 Å². The summed E-state index contributed by atoms with van der Waals surface area (Å²) in [4.78, 5) is 6.92. The second kappa shape index (κ2) is 10.3. The number of para-hydroxylation sites is 1. The number of ether oxygens (including phenoxy) is 1. The Hall–Kier alpha value is -2.54. The molecule has 2 heterocycles. The third-order valence-electron chi connectivity index (χ3n) is 5.61. The fourth-order valence-corrected chi connectivity index (χ4v) is 4.01. The maximum Gasteiger partial charge on any atom is 0.191 e. The van der Waals surface area contributed by atoms with Gasteiger partial charge in [-0.25, -0.2) is 0 Å². The Labute approximate surface area is 173 Å². The highest BCUT2D eigenvalue weighted by Gasteiger charge is 2.26. The molecule has 0 saturated carbocycles. The van der Waals surface area contributed by atoms with E-state index in [4.69, 9.17) is 9.26 Å². The van der Waals surface area contributed by atoms with Crippen molar-refractivity contribution in [1.29, 1.82) is 0 Å². The molecule has 1 aliphatic rings. The van der Waals surface area contributed by atoms with Gasteiger partial charge in [0.1, 0.15) is 11.5 Å². The molecule has 1 unspecified atom stereocenters. The van der Waals surface area contributed by atoms with Gasteiger partial charge in [-0.15, -0.1) is 0 Å². The van der Waals surface area contributed by atoms with Crippen molar-refractivity contribution in [3.05, 3.63) is 46.8 Å². The van der Waals surface area contributed by atoms with Crippen LogP contribution in [0.5, 0.6) is 5.75 Å². The number of hydrogen-bond acceptors (Lipinski definition) is 5. The van der Waals surface area contributed by atoms with Crippen molar-refractivity contribution in [2.24, 2.45) is 4.99 Å². The summed E-state index contributed by atoms with van der Waals surface area (Å²) >= 11 is 0. The van der Waals surface area contributed by atoms with Crippen molar-refractivity contribution in [3.8, 4) is 5.75 Å². The van der Waals surface area contributed by atoms with Crippen LogP contribution in [0.2, 0.25) is 0 Å². The highest BCUT2D eigenvalue weighted by atomic mass is 16.5. The van der Waals surface area contributed by atoms with Crippen molar-refractivity contribution in [1.82, 2.24) is 20.7 Å². The van der Waals surface area contributed by atoms with E-state index < -0.39 is 0 Å². The van der Waals surface area contributed by atoms with Crippen molar-refractivity contribution in [2.75, 3.05) is 40.3 Å². The highest BCUT2D eigenvalue weighted by Crippen LogP contribution is 2.31. The van der Waals surface area contributed by atoms with Gasteiger partial charge >= 0.3 is 0 Å². The van der Waals surface area contributed by atoms with Crippen LogP contribution in [0, 0.1) is 13.8 Å². The summed E-state index contributed by atoms with van der Waals surface area (Å²) in [5.74, 6) is 2.63. The molecule has 1 fully saturated rings. The molecule has 7 heteroatoms. The van der Waals surface area contributed by atoms with Gasteiger partial charge in [0.15, 0.2) is 5.96 Å². The predicted molar refractivity (Wildman–Crippen MR) is 116 cm³/mol. The van der Waals surface area contributed by atoms with Crippen LogP contribution in [0.15, 0.2) is 33.8 Å². The summed E-state index contributed by atoms with van der Waals surface area (Å²) in [7, 11) is 3.54. The topological polar surface area (TPSA) is 74.9 Å². The summed E-state index contributed by atoms with van der Waals surface area (Å²) in [5, 5.41) is 10.9. The highest BCUT2D eigenvalue weighted by molar-refractivity contribution is 5.79. The number of nitrogens with zero attached hydrogens (tertiary/aromatic N) is 3. The average molecular weight is 400 g/mol. The van der Waals surface area contributed by atoms with Crippen LogP contribution in [-0.2, 0) is 6.42 Å². The predicted octanol–water partition coefficient (Wildman–Crippen LogP) is 2.84. The minimum atomic E-state index is 0.245. The molecule has 0 amide bonds. The minimum Gasteiger partial charge on any atom is -0.496 e. The number of aliphatic imine (C=N–C) groups is 1. The van der Waals surface area contributed by atoms with Crippen LogP contribution in [0.3, 0.4) is 0 Å². The number of hydrogen-bond donors (Lipinski definition) is 2. The molecule has 0 spiro atoms. The molecule has 0 radical (unpaired) electrons. The fraction of sp³-hybridized carbons (Fsp3) is 0.545. The normalized spacial score (nSPS) is 16.1. The van der Waals surface area contributed by atoms with Gasteiger partial charge in [-0.1, -0.05) is 23.4 Å². The van der Waals surface area contributed by atoms with Crippen LogP contribution >= 0.6 is 0 Å². The maximum atomic E-state index is 5.63. The molecule has 2 aromatic rings. The van der Waals surface area contributed by atoms with Crippen LogP contribution in [0.1, 0.15) is 41.5 Å². The smallest absolute Gasteiger partial charge is 0.191 e. The molecule has 2 N–H and O–H groups in total. The summed E-state index contributed by atoms with van der Waals surface area (Å²) < 4.78 is 10.9. The molecule has 1 aromatic carbocycles. The van der Waals surface area contributed by atoms with Crippen LogP contribution < -0.4 is 15.4 Å². The third-order valence-corrected chi connectivity index (χ3v) is 5.61. The zero-order chi connectivity index (χ0) is 20.6. The molecule has 1 aromatic heterocycles. The number of aryl methyl sites for hydroxylation is 2. The Morgan fingerprint density at radius 1 is 1.24 bits per heavy atom. The summed E-state index contributed by atoms with van der Waals surface area (Å²) in [6, 6.07) is 8.55. The zero-order valence-electron chi connectivity index (χ0n) is 18.0. The first kappa shape index (κ1) is 21.2. The number of methoxy groups -OCH3 is 1. The van der Waals surface area contributed by atoms with Gasteiger partial charge in [-0.3, -0.25) is 9.89 Å². The van der Waals surface area contributed by atoms with Gasteiger partial charge in [0.05, 0.1) is 18.8 Å². The number of likely N-dealkylation sites (tertiary alicyclic amines) is 1. The first-order valence-corrected chi connectivity index (χ1v) is 10.4. The fourth-order valence-electron chi connectivity index (χ4n) is 4.01. The largest absolute Gasteiger partial charge is 0.496 e. The van der Waals surface area contributed by atoms with Crippen LogP contribution in [0.25, 0.3) is 0 Å². The SMILES string of the molecule is CN=C(NCCc1c(C)noc1C)NCC(c1ccccc1OC)N1CCCC1. The van der Waals surface area contributed by atoms with Gasteiger partial charge in [-0.2, -0.15) is 0 Å². The van der Waals surface area contributed by atoms with Gasteiger partial charge < -0.3 is 19.9 Å². The molecule has 0 bridgehead atoms. The van der Waals surface area contributed by atoms with Gasteiger partial charge in [0, 0.05) is 31.3 Å². The van der Waals surface area contributed by atoms with E-state index in [-0.39, 0.29) is 6.04 Å². The lowest BCUT2D eigenvalue weighted by Gasteiger charge is -2.30. The monoisotopic (exact) mass is 399 g/mol. The Bertz CT molecular complexity index is 792. The molecule has 1 saturated heterocycles. The van der Waals surface area contributed by atoms with Gasteiger partial charge in [0.2, 0.25) is 0 Å². The Balaban J connectivity index is 1.61. The van der Waals surface area contributed by atoms with E-state index in [1.54, 1.807) is 14.2 Å². The minimum absolute atomic E-state index is 0.245. The van der Waals surface area contributed by atoms with E-state index in [1.807, 2.05) is 26.0 Å². The molecular weight excluding hydrogens is 366 g/mol. The molecule has 1 atom stereocenters. The quantitative estimate of drug-likeness (QED) is 0.525. The molecule has 1 aliphatic heterocycles. The second-order valence-electron chi connectivity index (χ2n) is 7.43. The number of nitrogens with one attached hydrogen (secondary N) is 2. The van der Waals surface area contributed by atoms with E-state index in [0.717, 1.165) is 61.3 Å². The van der Waals surface area contributed by atoms with Crippen LogP contribution in [-0.4, -0.2) is 56.4 Å². The Kier molecular flexibility index (Phi) is 7.52. The zero-order valence-corrected chi connectivity index (χ0v) is 18.0. The molecular formula is C22H33N5O2. The number of benzene rings is 1. The Morgan fingerprint density at radius 2 is 2.00 bits per heavy atom. The number of guanidine groups is 1. The van der Waals surface area contributed by atoms with Gasteiger partial charge in [-0.05, 0) is 52.3 Å². The standard InChI is InChI=1S/C22H33N5O2/c1-16-18(17(2)29-26-16)11-12-24-22(23-3)25-15-20(27-13-7-8-14-27)19-9-5-6-10-21(19)28-4/h5-6,9-10,20H,7-8,11-15H2,1-4H3,(H2,23,24,25). The Morgan fingerprint density at radius 3 is 2.66 bits per heavy atom. The lowest BCUT2D eigenvalue weighted by atomic mass is 10.0. The third kappa shape index (κ3) is 5.29. The van der Waals surface area contributed by atoms with E-state index >= 15 is 0 Å². The van der Waals surface area contributed by atoms with Crippen molar-refractivity contribution < 1.29 is 9.26 Å². The number of aromatic nitrogens is 1. The van der Waals surface area contributed by atoms with E-state index in [1.165, 1.54) is 18.4 Å². The lowest BCUT2D eigenvalue weighted by Crippen LogP contribution is -2.43. The van der Waals surface area contributed by atoms with Gasteiger partial charge in [0.25, 0.3) is 0 Å². The molecule has 158 valence electrons. The molecule has 7 nitrogen and oxygen atoms in total. The van der Waals surface area contributed by atoms with Crippen LogP contribution in [0.4, 0.5) is 0 Å². The summed E-state index contributed by atoms with van der Waals surface area (Å²) in [6.07, 6.45) is 3.34. The first-order chi connectivity index (χ1) is 14.1. The van der Waals surface area contributed by atoms with E-state index in [0.29, 0.717) is 0 Å². The second-order valence-corrected chi connectivity index (χ2v) is 7.43. The van der Waals surface area contributed by atoms with E-state index in [2.05, 4.69) is 37.8 Å². The molecule has 3 rings (SSSR count). The number of rotatable bonds is 8. The molecule has 29 heavy (non-hydrogen) atoms. The first-order valence-electron chi connectivity index (χ1n) is 10.4. The summed E-state index contributed by atoms with van der Waals surface area (Å²) in [6.45, 7) is 7.70. The lowest BCUT2D eigenvalue weighted by molar-refractivity contribution is 0.239. The molecule has 0 aliphatic carbocycles. The average Bonchev–Trinajstić information content (AvgIpc) is 3.38. The van der Waals surface area contributed by atoms with Crippen molar-refractivity contribution in [3.63, 3.8) is 0 Å².